The Morgan fingerprint density at radius 2 is 1.95 bits per heavy atom. The molecule has 0 spiro atoms. The monoisotopic (exact) mass is 289 g/mol. The maximum absolute atomic E-state index is 12.7. The predicted octanol–water partition coefficient (Wildman–Crippen LogP) is 2.19. The molecular weight excluding hydrogens is 266 g/mol. The molecule has 4 unspecified atom stereocenters. The number of hydrogen-bond donors (Lipinski definition) is 0. The van der Waals surface area contributed by atoms with Gasteiger partial charge < -0.3 is 14.4 Å². The molecule has 0 saturated carbocycles. The third-order valence-corrected chi connectivity index (χ3v) is 4.66. The second-order valence-corrected chi connectivity index (χ2v) is 6.02. The van der Waals surface area contributed by atoms with Crippen molar-refractivity contribution < 1.29 is 14.3 Å². The summed E-state index contributed by atoms with van der Waals surface area (Å²) >= 11 is 0. The summed E-state index contributed by atoms with van der Waals surface area (Å²) < 4.78 is 10.9. The Morgan fingerprint density at radius 3 is 2.62 bits per heavy atom. The fourth-order valence-corrected chi connectivity index (χ4v) is 3.60. The molecule has 4 atom stereocenters. The number of carbonyl (C=O) groups is 1. The maximum atomic E-state index is 12.7. The summed E-state index contributed by atoms with van der Waals surface area (Å²) in [5.74, 6) is 0.475. The van der Waals surface area contributed by atoms with E-state index in [1.54, 1.807) is 0 Å². The van der Waals surface area contributed by atoms with Crippen LogP contribution in [0.2, 0.25) is 0 Å². The number of carbonyl (C=O) groups excluding carboxylic acids is 1. The Bertz CT molecular complexity index is 484. The Kier molecular flexibility index (Phi) is 4.27. The molecule has 114 valence electrons. The molecule has 21 heavy (non-hydrogen) atoms. The molecule has 1 amide bonds. The van der Waals surface area contributed by atoms with Crippen molar-refractivity contribution in [2.45, 2.75) is 44.4 Å². The SMILES string of the molecule is CC1CC(c2ccccc2)C(C)N1C(=O)C1COCCO1. The first-order valence-corrected chi connectivity index (χ1v) is 7.75. The maximum Gasteiger partial charge on any atom is 0.254 e. The zero-order valence-corrected chi connectivity index (χ0v) is 12.7. The van der Waals surface area contributed by atoms with Crippen LogP contribution in [-0.4, -0.2) is 48.8 Å². The van der Waals surface area contributed by atoms with Gasteiger partial charge in [-0.25, -0.2) is 0 Å². The lowest BCUT2D eigenvalue weighted by atomic mass is 9.92. The van der Waals surface area contributed by atoms with E-state index in [9.17, 15) is 4.79 Å². The molecule has 3 rings (SSSR count). The average molecular weight is 289 g/mol. The zero-order valence-electron chi connectivity index (χ0n) is 12.7. The summed E-state index contributed by atoms with van der Waals surface area (Å²) in [6, 6.07) is 10.9. The Labute approximate surface area is 126 Å². The van der Waals surface area contributed by atoms with Gasteiger partial charge in [0.25, 0.3) is 5.91 Å². The molecule has 4 heteroatoms. The number of benzene rings is 1. The summed E-state index contributed by atoms with van der Waals surface area (Å²) in [6.45, 7) is 5.74. The van der Waals surface area contributed by atoms with Crippen LogP contribution in [0.25, 0.3) is 0 Å². The van der Waals surface area contributed by atoms with Gasteiger partial charge in [0.15, 0.2) is 6.10 Å². The average Bonchev–Trinajstić information content (AvgIpc) is 2.83. The summed E-state index contributed by atoms with van der Waals surface area (Å²) in [5, 5.41) is 0. The first-order valence-electron chi connectivity index (χ1n) is 7.75. The topological polar surface area (TPSA) is 38.8 Å². The van der Waals surface area contributed by atoms with Gasteiger partial charge in [-0.2, -0.15) is 0 Å². The zero-order chi connectivity index (χ0) is 14.8. The van der Waals surface area contributed by atoms with E-state index in [0.717, 1.165) is 6.42 Å². The van der Waals surface area contributed by atoms with Crippen LogP contribution in [0, 0.1) is 0 Å². The smallest absolute Gasteiger partial charge is 0.254 e. The molecule has 2 aliphatic heterocycles. The number of ether oxygens (including phenoxy) is 2. The van der Waals surface area contributed by atoms with Gasteiger partial charge >= 0.3 is 0 Å². The molecule has 2 aliphatic rings. The van der Waals surface area contributed by atoms with Crippen molar-refractivity contribution >= 4 is 5.91 Å². The number of amides is 1. The minimum absolute atomic E-state index is 0.0770. The molecule has 2 saturated heterocycles. The van der Waals surface area contributed by atoms with Gasteiger partial charge in [0.1, 0.15) is 0 Å². The third kappa shape index (κ3) is 2.83. The van der Waals surface area contributed by atoms with E-state index in [-0.39, 0.29) is 18.0 Å². The first-order chi connectivity index (χ1) is 10.2. The van der Waals surface area contributed by atoms with Crippen LogP contribution in [0.15, 0.2) is 30.3 Å². The van der Waals surface area contributed by atoms with Gasteiger partial charge in [0, 0.05) is 18.0 Å². The largest absolute Gasteiger partial charge is 0.376 e. The van der Waals surface area contributed by atoms with E-state index >= 15 is 0 Å². The molecule has 1 aromatic carbocycles. The summed E-state index contributed by atoms with van der Waals surface area (Å²) in [7, 11) is 0. The molecule has 0 aromatic heterocycles. The van der Waals surface area contributed by atoms with E-state index in [4.69, 9.17) is 9.47 Å². The molecule has 2 heterocycles. The van der Waals surface area contributed by atoms with Crippen molar-refractivity contribution in [2.24, 2.45) is 0 Å². The van der Waals surface area contributed by atoms with Crippen molar-refractivity contribution in [3.8, 4) is 0 Å². The third-order valence-electron chi connectivity index (χ3n) is 4.66. The quantitative estimate of drug-likeness (QED) is 0.838. The highest BCUT2D eigenvalue weighted by Gasteiger charge is 2.42. The normalized spacial score (nSPS) is 33.1. The first kappa shape index (κ1) is 14.5. The van der Waals surface area contributed by atoms with E-state index in [2.05, 4.69) is 38.1 Å². The van der Waals surface area contributed by atoms with Gasteiger partial charge in [-0.1, -0.05) is 30.3 Å². The van der Waals surface area contributed by atoms with E-state index < -0.39 is 6.10 Å². The molecular formula is C17H23NO3. The second kappa shape index (κ2) is 6.16. The van der Waals surface area contributed by atoms with Crippen LogP contribution in [0.3, 0.4) is 0 Å². The van der Waals surface area contributed by atoms with Gasteiger partial charge in [0.2, 0.25) is 0 Å². The molecule has 0 N–H and O–H groups in total. The highest BCUT2D eigenvalue weighted by Crippen LogP contribution is 2.37. The summed E-state index contributed by atoms with van der Waals surface area (Å²) in [5.41, 5.74) is 1.31. The van der Waals surface area contributed by atoms with Crippen molar-refractivity contribution in [1.82, 2.24) is 4.90 Å². The van der Waals surface area contributed by atoms with Gasteiger partial charge in [-0.05, 0) is 25.8 Å². The van der Waals surface area contributed by atoms with Crippen LogP contribution in [0.4, 0.5) is 0 Å². The van der Waals surface area contributed by atoms with Crippen molar-refractivity contribution in [2.75, 3.05) is 19.8 Å². The minimum Gasteiger partial charge on any atom is -0.376 e. The van der Waals surface area contributed by atoms with Gasteiger partial charge in [-0.3, -0.25) is 4.79 Å². The van der Waals surface area contributed by atoms with Crippen LogP contribution >= 0.6 is 0 Å². The summed E-state index contributed by atoms with van der Waals surface area (Å²) in [6.07, 6.45) is 0.572. The lowest BCUT2D eigenvalue weighted by Gasteiger charge is -2.32. The van der Waals surface area contributed by atoms with E-state index in [1.165, 1.54) is 5.56 Å². The van der Waals surface area contributed by atoms with Crippen LogP contribution in [0.5, 0.6) is 0 Å². The van der Waals surface area contributed by atoms with Crippen molar-refractivity contribution in [3.05, 3.63) is 35.9 Å². The number of likely N-dealkylation sites (tertiary alicyclic amines) is 1. The Morgan fingerprint density at radius 1 is 1.19 bits per heavy atom. The lowest BCUT2D eigenvalue weighted by molar-refractivity contribution is -0.160. The highest BCUT2D eigenvalue weighted by molar-refractivity contribution is 5.82. The summed E-state index contributed by atoms with van der Waals surface area (Å²) in [4.78, 5) is 14.7. The van der Waals surface area contributed by atoms with Crippen LogP contribution < -0.4 is 0 Å². The molecule has 4 nitrogen and oxygen atoms in total. The van der Waals surface area contributed by atoms with Gasteiger partial charge in [0.05, 0.1) is 19.8 Å². The molecule has 1 aromatic rings. The number of rotatable bonds is 2. The molecule has 0 radical (unpaired) electrons. The van der Waals surface area contributed by atoms with Crippen molar-refractivity contribution in [1.29, 1.82) is 0 Å². The number of hydrogen-bond acceptors (Lipinski definition) is 3. The standard InChI is InChI=1S/C17H23NO3/c1-12-10-15(14-6-4-3-5-7-14)13(2)18(12)17(19)16-11-20-8-9-21-16/h3-7,12-13,15-16H,8-11H2,1-2H3. The Hall–Kier alpha value is -1.39. The molecule has 2 fully saturated rings. The van der Waals surface area contributed by atoms with Crippen molar-refractivity contribution in [3.63, 3.8) is 0 Å². The fourth-order valence-electron chi connectivity index (χ4n) is 3.60. The van der Waals surface area contributed by atoms with Crippen LogP contribution in [-0.2, 0) is 14.3 Å². The minimum atomic E-state index is -0.432. The predicted molar refractivity (Wildman–Crippen MR) is 80.1 cm³/mol. The number of nitrogens with zero attached hydrogens (tertiary/aromatic N) is 1. The van der Waals surface area contributed by atoms with Crippen LogP contribution in [0.1, 0.15) is 31.7 Å². The Balaban J connectivity index is 1.75. The second-order valence-electron chi connectivity index (χ2n) is 6.02. The van der Waals surface area contributed by atoms with Gasteiger partial charge in [-0.15, -0.1) is 0 Å². The van der Waals surface area contributed by atoms with E-state index in [0.29, 0.717) is 25.7 Å². The fraction of sp³-hybridized carbons (Fsp3) is 0.588. The molecule has 0 aliphatic carbocycles. The van der Waals surface area contributed by atoms with E-state index in [1.807, 2.05) is 11.0 Å². The molecule has 0 bridgehead atoms. The lowest BCUT2D eigenvalue weighted by Crippen LogP contribution is -2.49. The highest BCUT2D eigenvalue weighted by atomic mass is 16.6.